The number of alkyl halides is 3. The first kappa shape index (κ1) is 11.0. The predicted octanol–water partition coefficient (Wildman–Crippen LogP) is 3.34. The van der Waals surface area contributed by atoms with Crippen LogP contribution in [-0.4, -0.2) is 9.78 Å². The zero-order valence-corrected chi connectivity index (χ0v) is 8.55. The Bertz CT molecular complexity index is 488. The molecule has 0 aliphatic heterocycles. The predicted molar refractivity (Wildman–Crippen MR) is 52.4 cm³/mol. The van der Waals surface area contributed by atoms with Gasteiger partial charge in [0.1, 0.15) is 0 Å². The summed E-state index contributed by atoms with van der Waals surface area (Å²) in [5.41, 5.74) is -0.646. The largest absolute Gasteiger partial charge is 0.434 e. The number of nitrogens with zero attached hydrogens (tertiary/aromatic N) is 2. The van der Waals surface area contributed by atoms with Crippen molar-refractivity contribution in [3.05, 3.63) is 47.2 Å². The second-order valence-corrected chi connectivity index (χ2v) is 3.46. The van der Waals surface area contributed by atoms with Gasteiger partial charge in [-0.25, -0.2) is 4.68 Å². The van der Waals surface area contributed by atoms with Crippen molar-refractivity contribution in [2.24, 2.45) is 0 Å². The molecule has 83 valence electrons. The van der Waals surface area contributed by atoms with Crippen molar-refractivity contribution in [2.75, 3.05) is 0 Å². The van der Waals surface area contributed by atoms with Gasteiger partial charge in [0.05, 0.1) is 11.9 Å². The van der Waals surface area contributed by atoms with Crippen molar-refractivity contribution in [1.29, 1.82) is 0 Å². The van der Waals surface area contributed by atoms with Crippen LogP contribution in [0.1, 0.15) is 5.69 Å². The molecule has 0 atom stereocenters. The Kier molecular flexibility index (Phi) is 2.63. The van der Waals surface area contributed by atoms with Gasteiger partial charge in [-0.15, -0.1) is 0 Å². The number of benzene rings is 1. The summed E-state index contributed by atoms with van der Waals surface area (Å²) in [5, 5.41) is 4.03. The molecule has 2 nitrogen and oxygen atoms in total. The molecule has 0 saturated carbocycles. The molecule has 6 heteroatoms. The first-order valence-corrected chi connectivity index (χ1v) is 4.65. The van der Waals surface area contributed by atoms with E-state index in [0.29, 0.717) is 5.02 Å². The second-order valence-electron chi connectivity index (χ2n) is 3.02. The minimum absolute atomic E-state index is 0.290. The molecular formula is C10H5ClF3N2. The van der Waals surface area contributed by atoms with Crippen molar-refractivity contribution in [3.8, 4) is 5.69 Å². The first-order valence-electron chi connectivity index (χ1n) is 4.27. The molecule has 2 aromatic rings. The van der Waals surface area contributed by atoms with Gasteiger partial charge in [0.2, 0.25) is 0 Å². The second kappa shape index (κ2) is 3.83. The van der Waals surface area contributed by atoms with Crippen molar-refractivity contribution in [1.82, 2.24) is 9.78 Å². The highest BCUT2D eigenvalue weighted by Gasteiger charge is 2.35. The fourth-order valence-corrected chi connectivity index (χ4v) is 1.37. The van der Waals surface area contributed by atoms with Crippen LogP contribution in [0.4, 0.5) is 13.2 Å². The lowest BCUT2D eigenvalue weighted by Crippen LogP contribution is -2.13. The van der Waals surface area contributed by atoms with E-state index in [0.717, 1.165) is 10.9 Å². The van der Waals surface area contributed by atoms with Crippen LogP contribution in [-0.2, 0) is 6.18 Å². The highest BCUT2D eigenvalue weighted by Crippen LogP contribution is 2.30. The fraction of sp³-hybridized carbons (Fsp3) is 0.100. The van der Waals surface area contributed by atoms with E-state index in [4.69, 9.17) is 11.6 Å². The van der Waals surface area contributed by atoms with E-state index >= 15 is 0 Å². The molecule has 0 amide bonds. The maximum Gasteiger partial charge on any atom is 0.434 e. The van der Waals surface area contributed by atoms with E-state index < -0.39 is 11.9 Å². The summed E-state index contributed by atoms with van der Waals surface area (Å²) in [7, 11) is 0. The highest BCUT2D eigenvalue weighted by molar-refractivity contribution is 6.30. The van der Waals surface area contributed by atoms with Crippen LogP contribution in [0, 0.1) is 6.07 Å². The smallest absolute Gasteiger partial charge is 0.228 e. The molecule has 2 rings (SSSR count). The lowest BCUT2D eigenvalue weighted by molar-refractivity contribution is -0.143. The van der Waals surface area contributed by atoms with Gasteiger partial charge in [0.15, 0.2) is 5.69 Å². The number of hydrogen-bond acceptors (Lipinski definition) is 1. The summed E-state index contributed by atoms with van der Waals surface area (Å²) in [4.78, 5) is 0. The summed E-state index contributed by atoms with van der Waals surface area (Å²) in [5.74, 6) is 0. The Morgan fingerprint density at radius 3 is 2.38 bits per heavy atom. The van der Waals surface area contributed by atoms with Gasteiger partial charge in [-0.05, 0) is 24.3 Å². The van der Waals surface area contributed by atoms with Crippen molar-refractivity contribution in [2.45, 2.75) is 6.18 Å². The van der Waals surface area contributed by atoms with Crippen LogP contribution in [0.3, 0.4) is 0 Å². The molecule has 1 heterocycles. The fourth-order valence-electron chi connectivity index (χ4n) is 1.25. The van der Waals surface area contributed by atoms with Crippen LogP contribution in [0.5, 0.6) is 0 Å². The minimum Gasteiger partial charge on any atom is -0.228 e. The average Bonchev–Trinajstić information content (AvgIpc) is 2.66. The van der Waals surface area contributed by atoms with Crippen molar-refractivity contribution < 1.29 is 13.2 Å². The van der Waals surface area contributed by atoms with E-state index in [-0.39, 0.29) is 5.69 Å². The minimum atomic E-state index is -4.48. The summed E-state index contributed by atoms with van der Waals surface area (Å²) >= 11 is 5.64. The monoisotopic (exact) mass is 245 g/mol. The summed E-state index contributed by atoms with van der Waals surface area (Å²) in [6.45, 7) is 0. The lowest BCUT2D eigenvalue weighted by Gasteiger charge is -2.09. The Hall–Kier alpha value is -1.49. The molecule has 16 heavy (non-hydrogen) atoms. The van der Waals surface area contributed by atoms with Crippen molar-refractivity contribution >= 4 is 11.6 Å². The highest BCUT2D eigenvalue weighted by atomic mass is 35.5. The standard InChI is InChI=1S/C10H5ClF3N2/c11-7-1-3-8(4-2-7)16-9(5-6-15-16)10(12,13)14/h1-4,6H. The number of halogens is 4. The van der Waals surface area contributed by atoms with Crippen LogP contribution in [0.15, 0.2) is 30.5 Å². The SMILES string of the molecule is FC(F)(F)c1[c]cnn1-c1ccc(Cl)cc1. The van der Waals surface area contributed by atoms with E-state index in [2.05, 4.69) is 11.2 Å². The molecule has 1 radical (unpaired) electrons. The third-order valence-corrected chi connectivity index (χ3v) is 2.18. The number of hydrogen-bond donors (Lipinski definition) is 0. The van der Waals surface area contributed by atoms with Gasteiger partial charge < -0.3 is 0 Å². The molecule has 0 unspecified atom stereocenters. The maximum absolute atomic E-state index is 12.5. The molecule has 0 aliphatic rings. The Morgan fingerprint density at radius 2 is 1.81 bits per heavy atom. The lowest BCUT2D eigenvalue weighted by atomic mass is 10.3. The molecule has 0 fully saturated rings. The van der Waals surface area contributed by atoms with Gasteiger partial charge in [-0.2, -0.15) is 18.3 Å². The molecule has 0 N–H and O–H groups in total. The van der Waals surface area contributed by atoms with E-state index in [1.165, 1.54) is 24.3 Å². The quantitative estimate of drug-likeness (QED) is 0.753. The van der Waals surface area contributed by atoms with Crippen LogP contribution < -0.4 is 0 Å². The average molecular weight is 246 g/mol. The molecular weight excluding hydrogens is 241 g/mol. The third kappa shape index (κ3) is 2.04. The van der Waals surface area contributed by atoms with E-state index in [1.54, 1.807) is 0 Å². The van der Waals surface area contributed by atoms with Gasteiger partial charge in [0, 0.05) is 11.1 Å². The maximum atomic E-state index is 12.5. The third-order valence-electron chi connectivity index (χ3n) is 1.93. The van der Waals surface area contributed by atoms with Crippen molar-refractivity contribution in [3.63, 3.8) is 0 Å². The Balaban J connectivity index is 2.49. The Labute approximate surface area is 94.3 Å². The zero-order valence-electron chi connectivity index (χ0n) is 7.79. The number of rotatable bonds is 1. The van der Waals surface area contributed by atoms with Gasteiger partial charge in [-0.3, -0.25) is 0 Å². The molecule has 0 spiro atoms. The van der Waals surface area contributed by atoms with Crippen LogP contribution in [0.25, 0.3) is 5.69 Å². The Morgan fingerprint density at radius 1 is 1.19 bits per heavy atom. The normalized spacial score (nSPS) is 11.8. The molecule has 0 bridgehead atoms. The van der Waals surface area contributed by atoms with Crippen LogP contribution >= 0.6 is 11.6 Å². The number of aromatic nitrogens is 2. The summed E-state index contributed by atoms with van der Waals surface area (Å²) in [6, 6.07) is 7.96. The summed E-state index contributed by atoms with van der Waals surface area (Å²) < 4.78 is 38.4. The molecule has 1 aromatic carbocycles. The molecule has 1 aromatic heterocycles. The van der Waals surface area contributed by atoms with Gasteiger partial charge >= 0.3 is 6.18 Å². The topological polar surface area (TPSA) is 17.8 Å². The molecule has 0 aliphatic carbocycles. The van der Waals surface area contributed by atoms with E-state index in [9.17, 15) is 13.2 Å². The van der Waals surface area contributed by atoms with Crippen LogP contribution in [0.2, 0.25) is 5.02 Å². The van der Waals surface area contributed by atoms with E-state index in [1.807, 2.05) is 0 Å². The summed E-state index contributed by atoms with van der Waals surface area (Å²) in [6.07, 6.45) is -3.49. The first-order chi connectivity index (χ1) is 7.48. The zero-order chi connectivity index (χ0) is 11.8. The molecule has 0 saturated heterocycles. The van der Waals surface area contributed by atoms with Gasteiger partial charge in [-0.1, -0.05) is 11.6 Å². The van der Waals surface area contributed by atoms with Gasteiger partial charge in [0.25, 0.3) is 0 Å².